The SMILES string of the molecule is CC(C)N(CC(=O)O)C(=O)NCC1(C)CCCCC1. The fourth-order valence-corrected chi connectivity index (χ4v) is 2.61. The van der Waals surface area contributed by atoms with E-state index in [-0.39, 0.29) is 24.0 Å². The third-order valence-electron chi connectivity index (χ3n) is 3.92. The smallest absolute Gasteiger partial charge is 0.323 e. The number of amides is 2. The van der Waals surface area contributed by atoms with Gasteiger partial charge in [-0.25, -0.2) is 4.79 Å². The second kappa shape index (κ2) is 6.78. The van der Waals surface area contributed by atoms with E-state index in [0.717, 1.165) is 12.8 Å². The van der Waals surface area contributed by atoms with Gasteiger partial charge in [-0.2, -0.15) is 0 Å². The van der Waals surface area contributed by atoms with Crippen molar-refractivity contribution < 1.29 is 14.7 Å². The molecular weight excluding hydrogens is 244 g/mol. The molecule has 0 aromatic heterocycles. The Hall–Kier alpha value is -1.26. The highest BCUT2D eigenvalue weighted by atomic mass is 16.4. The number of nitrogens with one attached hydrogen (secondary N) is 1. The van der Waals surface area contributed by atoms with Crippen LogP contribution in [0, 0.1) is 5.41 Å². The number of carboxylic acid groups (broad SMARTS) is 1. The number of aliphatic carboxylic acids is 1. The van der Waals surface area contributed by atoms with E-state index >= 15 is 0 Å². The third-order valence-corrected chi connectivity index (χ3v) is 3.92. The molecule has 2 amide bonds. The Kier molecular flexibility index (Phi) is 5.63. The van der Waals surface area contributed by atoms with Gasteiger partial charge in [0.05, 0.1) is 0 Å². The van der Waals surface area contributed by atoms with Crippen LogP contribution in [0.1, 0.15) is 52.9 Å². The average Bonchev–Trinajstić information content (AvgIpc) is 2.33. The molecule has 0 atom stereocenters. The molecule has 1 saturated carbocycles. The molecule has 0 aromatic rings. The van der Waals surface area contributed by atoms with Crippen molar-refractivity contribution in [3.63, 3.8) is 0 Å². The highest BCUT2D eigenvalue weighted by molar-refractivity contribution is 5.80. The maximum atomic E-state index is 12.1. The van der Waals surface area contributed by atoms with Gasteiger partial charge in [0.15, 0.2) is 0 Å². The molecule has 1 fully saturated rings. The van der Waals surface area contributed by atoms with Gasteiger partial charge in [-0.1, -0.05) is 26.2 Å². The van der Waals surface area contributed by atoms with E-state index in [9.17, 15) is 9.59 Å². The first-order chi connectivity index (χ1) is 8.84. The maximum Gasteiger partial charge on any atom is 0.323 e. The first-order valence-corrected chi connectivity index (χ1v) is 7.10. The Morgan fingerprint density at radius 2 is 1.84 bits per heavy atom. The Morgan fingerprint density at radius 3 is 2.32 bits per heavy atom. The number of hydrogen-bond donors (Lipinski definition) is 2. The molecule has 5 nitrogen and oxygen atoms in total. The summed E-state index contributed by atoms with van der Waals surface area (Å²) in [5, 5.41) is 11.7. The van der Waals surface area contributed by atoms with Gasteiger partial charge >= 0.3 is 12.0 Å². The molecule has 5 heteroatoms. The zero-order valence-corrected chi connectivity index (χ0v) is 12.2. The topological polar surface area (TPSA) is 69.6 Å². The molecular formula is C14H26N2O3. The summed E-state index contributed by atoms with van der Waals surface area (Å²) in [4.78, 5) is 24.2. The highest BCUT2D eigenvalue weighted by Gasteiger charge is 2.28. The quantitative estimate of drug-likeness (QED) is 0.806. The first-order valence-electron chi connectivity index (χ1n) is 7.10. The molecule has 0 saturated heterocycles. The van der Waals surface area contributed by atoms with Gasteiger partial charge in [-0.05, 0) is 32.1 Å². The second-order valence-corrected chi connectivity index (χ2v) is 6.15. The number of carbonyl (C=O) groups is 2. The lowest BCUT2D eigenvalue weighted by Crippen LogP contribution is -2.49. The van der Waals surface area contributed by atoms with Crippen LogP contribution in [0.3, 0.4) is 0 Å². The molecule has 19 heavy (non-hydrogen) atoms. The van der Waals surface area contributed by atoms with Crippen molar-refractivity contribution in [2.24, 2.45) is 5.41 Å². The van der Waals surface area contributed by atoms with Crippen molar-refractivity contribution >= 4 is 12.0 Å². The predicted molar refractivity (Wildman–Crippen MR) is 74.1 cm³/mol. The number of nitrogens with zero attached hydrogens (tertiary/aromatic N) is 1. The van der Waals surface area contributed by atoms with E-state index in [4.69, 9.17) is 5.11 Å². The molecule has 0 aliphatic heterocycles. The second-order valence-electron chi connectivity index (χ2n) is 6.15. The average molecular weight is 270 g/mol. The maximum absolute atomic E-state index is 12.1. The molecule has 0 heterocycles. The monoisotopic (exact) mass is 270 g/mol. The molecule has 110 valence electrons. The molecule has 2 N–H and O–H groups in total. The van der Waals surface area contributed by atoms with Gasteiger partial charge in [-0.15, -0.1) is 0 Å². The summed E-state index contributed by atoms with van der Waals surface area (Å²) in [5.41, 5.74) is 0.166. The highest BCUT2D eigenvalue weighted by Crippen LogP contribution is 2.34. The third kappa shape index (κ3) is 5.09. The lowest BCUT2D eigenvalue weighted by Gasteiger charge is -2.35. The van der Waals surface area contributed by atoms with Crippen molar-refractivity contribution in [3.8, 4) is 0 Å². The van der Waals surface area contributed by atoms with Crippen LogP contribution in [0.2, 0.25) is 0 Å². The van der Waals surface area contributed by atoms with Crippen molar-refractivity contribution in [2.45, 2.75) is 58.9 Å². The normalized spacial score (nSPS) is 18.1. The van der Waals surface area contributed by atoms with Crippen LogP contribution in [0.5, 0.6) is 0 Å². The molecule has 1 aliphatic rings. The van der Waals surface area contributed by atoms with Gasteiger partial charge in [0.2, 0.25) is 0 Å². The van der Waals surface area contributed by atoms with Crippen LogP contribution in [-0.4, -0.2) is 41.1 Å². The van der Waals surface area contributed by atoms with Crippen molar-refractivity contribution in [2.75, 3.05) is 13.1 Å². The van der Waals surface area contributed by atoms with E-state index in [1.54, 1.807) is 0 Å². The number of rotatable bonds is 5. The number of urea groups is 1. The largest absolute Gasteiger partial charge is 0.480 e. The fourth-order valence-electron chi connectivity index (χ4n) is 2.61. The lowest BCUT2D eigenvalue weighted by atomic mass is 9.76. The lowest BCUT2D eigenvalue weighted by molar-refractivity contribution is -0.138. The van der Waals surface area contributed by atoms with Gasteiger partial charge in [0, 0.05) is 12.6 Å². The molecule has 0 radical (unpaired) electrons. The van der Waals surface area contributed by atoms with E-state index in [1.165, 1.54) is 24.2 Å². The molecule has 1 aliphatic carbocycles. The van der Waals surface area contributed by atoms with Crippen LogP contribution < -0.4 is 5.32 Å². The molecule has 0 spiro atoms. The van der Waals surface area contributed by atoms with Gasteiger partial charge in [0.1, 0.15) is 6.54 Å². The molecule has 1 rings (SSSR count). The minimum Gasteiger partial charge on any atom is -0.480 e. The molecule has 0 unspecified atom stereocenters. The molecule has 0 bridgehead atoms. The summed E-state index contributed by atoms with van der Waals surface area (Å²) in [7, 11) is 0. The zero-order valence-electron chi connectivity index (χ0n) is 12.2. The molecule has 0 aromatic carbocycles. The predicted octanol–water partition coefficient (Wildman–Crippen LogP) is 2.46. The van der Waals surface area contributed by atoms with Crippen LogP contribution in [0.15, 0.2) is 0 Å². The minimum atomic E-state index is -0.979. The summed E-state index contributed by atoms with van der Waals surface area (Å²) in [6.45, 7) is 6.23. The van der Waals surface area contributed by atoms with Gasteiger partial charge in [-0.3, -0.25) is 4.79 Å². The van der Waals surface area contributed by atoms with E-state index < -0.39 is 5.97 Å². The van der Waals surface area contributed by atoms with E-state index in [1.807, 2.05) is 13.8 Å². The van der Waals surface area contributed by atoms with Crippen LogP contribution in [-0.2, 0) is 4.79 Å². The summed E-state index contributed by atoms with van der Waals surface area (Å²) < 4.78 is 0. The fraction of sp³-hybridized carbons (Fsp3) is 0.857. The Bertz CT molecular complexity index is 323. The van der Waals surface area contributed by atoms with Crippen LogP contribution in [0.4, 0.5) is 4.79 Å². The van der Waals surface area contributed by atoms with Crippen molar-refractivity contribution in [1.82, 2.24) is 10.2 Å². The Balaban J connectivity index is 2.49. The number of carbonyl (C=O) groups excluding carboxylic acids is 1. The zero-order chi connectivity index (χ0) is 14.5. The minimum absolute atomic E-state index is 0.115. The summed E-state index contributed by atoms with van der Waals surface area (Å²) in [6.07, 6.45) is 5.98. The van der Waals surface area contributed by atoms with Crippen molar-refractivity contribution in [1.29, 1.82) is 0 Å². The van der Waals surface area contributed by atoms with E-state index in [2.05, 4.69) is 12.2 Å². The van der Waals surface area contributed by atoms with E-state index in [0.29, 0.717) is 6.54 Å². The summed E-state index contributed by atoms with van der Waals surface area (Å²) >= 11 is 0. The summed E-state index contributed by atoms with van der Waals surface area (Å²) in [6, 6.07) is -0.389. The number of hydrogen-bond acceptors (Lipinski definition) is 2. The summed E-state index contributed by atoms with van der Waals surface area (Å²) in [5.74, 6) is -0.979. The Morgan fingerprint density at radius 1 is 1.26 bits per heavy atom. The van der Waals surface area contributed by atoms with Gasteiger partial charge < -0.3 is 15.3 Å². The van der Waals surface area contributed by atoms with Crippen LogP contribution in [0.25, 0.3) is 0 Å². The first kappa shape index (κ1) is 15.8. The van der Waals surface area contributed by atoms with Gasteiger partial charge in [0.25, 0.3) is 0 Å². The standard InChI is InChI=1S/C14H26N2O3/c1-11(2)16(9-12(17)18)13(19)15-10-14(3)7-5-4-6-8-14/h11H,4-10H2,1-3H3,(H,15,19)(H,17,18). The Labute approximate surface area is 115 Å². The van der Waals surface area contributed by atoms with Crippen LogP contribution >= 0.6 is 0 Å². The van der Waals surface area contributed by atoms with Crippen molar-refractivity contribution in [3.05, 3.63) is 0 Å². The number of carboxylic acids is 1.